The topological polar surface area (TPSA) is 46.1 Å². The first kappa shape index (κ1) is 19.1. The van der Waals surface area contributed by atoms with Crippen LogP contribution < -0.4 is 4.90 Å². The number of anilines is 1. The molecule has 0 atom stereocenters. The van der Waals surface area contributed by atoms with Crippen molar-refractivity contribution in [3.63, 3.8) is 0 Å². The summed E-state index contributed by atoms with van der Waals surface area (Å²) in [5.41, 5.74) is 2.45. The molecule has 0 unspecified atom stereocenters. The number of benzene rings is 2. The summed E-state index contributed by atoms with van der Waals surface area (Å²) >= 11 is 6.72. The molecule has 7 heteroatoms. The van der Waals surface area contributed by atoms with Gasteiger partial charge in [0.15, 0.2) is 5.13 Å². The van der Waals surface area contributed by atoms with Crippen LogP contribution in [0.2, 0.25) is 0 Å². The van der Waals surface area contributed by atoms with Crippen LogP contribution in [0.5, 0.6) is 0 Å². The molecule has 0 aliphatic carbocycles. The zero-order valence-corrected chi connectivity index (χ0v) is 18.2. The van der Waals surface area contributed by atoms with Gasteiger partial charge in [0.1, 0.15) is 0 Å². The van der Waals surface area contributed by atoms with Crippen LogP contribution in [0.15, 0.2) is 76.4 Å². The third-order valence-electron chi connectivity index (χ3n) is 4.23. The van der Waals surface area contributed by atoms with E-state index >= 15 is 0 Å². The van der Waals surface area contributed by atoms with Crippen LogP contribution in [0.25, 0.3) is 10.2 Å². The molecule has 0 saturated heterocycles. The predicted octanol–water partition coefficient (Wildman–Crippen LogP) is 6.02. The van der Waals surface area contributed by atoms with E-state index in [4.69, 9.17) is 4.98 Å². The lowest BCUT2D eigenvalue weighted by molar-refractivity contribution is 0.0984. The van der Waals surface area contributed by atoms with Gasteiger partial charge in [-0.15, -0.1) is 11.8 Å². The van der Waals surface area contributed by atoms with Crippen LogP contribution in [0, 0.1) is 0 Å². The summed E-state index contributed by atoms with van der Waals surface area (Å²) in [5, 5.41) is 0.679. The number of halogens is 1. The maximum Gasteiger partial charge on any atom is 0.261 e. The molecule has 2 aromatic heterocycles. The molecule has 0 fully saturated rings. The lowest BCUT2D eigenvalue weighted by Crippen LogP contribution is -2.30. The Morgan fingerprint density at radius 2 is 2.04 bits per heavy atom. The van der Waals surface area contributed by atoms with E-state index in [1.54, 1.807) is 29.1 Å². The van der Waals surface area contributed by atoms with Gasteiger partial charge in [-0.1, -0.05) is 29.5 Å². The molecule has 28 heavy (non-hydrogen) atoms. The molecule has 0 spiro atoms. The van der Waals surface area contributed by atoms with Crippen LogP contribution in [0.4, 0.5) is 5.13 Å². The highest BCUT2D eigenvalue weighted by atomic mass is 79.9. The Labute approximate surface area is 179 Å². The van der Waals surface area contributed by atoms with Crippen LogP contribution in [-0.2, 0) is 6.54 Å². The van der Waals surface area contributed by atoms with Crippen LogP contribution in [-0.4, -0.2) is 22.1 Å². The Balaban J connectivity index is 1.78. The SMILES string of the molecule is CSc1ccc2nc(N(Cc3cccnc3)C(=O)c3ccccc3Br)sc2c1. The van der Waals surface area contributed by atoms with Crippen molar-refractivity contribution in [2.45, 2.75) is 11.4 Å². The van der Waals surface area contributed by atoms with Crippen molar-refractivity contribution in [1.29, 1.82) is 0 Å². The molecule has 4 rings (SSSR count). The summed E-state index contributed by atoms with van der Waals surface area (Å²) in [6.45, 7) is 0.406. The van der Waals surface area contributed by atoms with Gasteiger partial charge in [-0.05, 0) is 64.1 Å². The first-order chi connectivity index (χ1) is 13.7. The van der Waals surface area contributed by atoms with Gasteiger partial charge in [0.25, 0.3) is 5.91 Å². The maximum absolute atomic E-state index is 13.4. The van der Waals surface area contributed by atoms with Gasteiger partial charge in [0, 0.05) is 21.8 Å². The highest BCUT2D eigenvalue weighted by molar-refractivity contribution is 9.10. The van der Waals surface area contributed by atoms with E-state index in [2.05, 4.69) is 33.0 Å². The first-order valence-electron chi connectivity index (χ1n) is 8.55. The number of thiazole rings is 1. The monoisotopic (exact) mass is 469 g/mol. The minimum absolute atomic E-state index is 0.0968. The normalized spacial score (nSPS) is 10.9. The Hall–Kier alpha value is -2.22. The molecule has 0 aliphatic rings. The van der Waals surface area contributed by atoms with Crippen molar-refractivity contribution < 1.29 is 4.79 Å². The largest absolute Gasteiger partial charge is 0.279 e. The average Bonchev–Trinajstić information content (AvgIpc) is 3.15. The zero-order valence-electron chi connectivity index (χ0n) is 15.0. The third kappa shape index (κ3) is 3.97. The number of fused-ring (bicyclic) bond motifs is 1. The minimum Gasteiger partial charge on any atom is -0.279 e. The molecule has 4 nitrogen and oxygen atoms in total. The van der Waals surface area contributed by atoms with E-state index in [1.165, 1.54) is 16.2 Å². The molecule has 2 aromatic carbocycles. The van der Waals surface area contributed by atoms with Gasteiger partial charge in [-0.2, -0.15) is 0 Å². The first-order valence-corrected chi connectivity index (χ1v) is 11.4. The van der Waals surface area contributed by atoms with E-state index in [0.29, 0.717) is 17.2 Å². The second kappa shape index (κ2) is 8.43. The molecule has 2 heterocycles. The van der Waals surface area contributed by atoms with Crippen LogP contribution in [0.1, 0.15) is 15.9 Å². The lowest BCUT2D eigenvalue weighted by Gasteiger charge is -2.20. The summed E-state index contributed by atoms with van der Waals surface area (Å²) in [5.74, 6) is -0.0968. The number of amides is 1. The van der Waals surface area contributed by atoms with Gasteiger partial charge in [0.05, 0.1) is 22.3 Å². The van der Waals surface area contributed by atoms with Gasteiger partial charge in [0.2, 0.25) is 0 Å². The highest BCUT2D eigenvalue weighted by Gasteiger charge is 2.23. The zero-order chi connectivity index (χ0) is 19.5. The van der Waals surface area contributed by atoms with Crippen molar-refractivity contribution in [3.05, 3.63) is 82.6 Å². The standard InChI is InChI=1S/C21H16BrN3OS2/c1-27-15-8-9-18-19(11-15)28-21(24-18)25(13-14-5-4-10-23-12-14)20(26)16-6-2-3-7-17(16)22/h2-12H,13H2,1H3. The molecule has 140 valence electrons. The Kier molecular flexibility index (Phi) is 5.75. The molecule has 0 aliphatic heterocycles. The summed E-state index contributed by atoms with van der Waals surface area (Å²) in [4.78, 5) is 25.2. The van der Waals surface area contributed by atoms with E-state index in [0.717, 1.165) is 20.3 Å². The number of pyridine rings is 1. The summed E-state index contributed by atoms with van der Waals surface area (Å²) in [7, 11) is 0. The Morgan fingerprint density at radius 3 is 2.79 bits per heavy atom. The quantitative estimate of drug-likeness (QED) is 0.335. The van der Waals surface area contributed by atoms with E-state index in [9.17, 15) is 4.79 Å². The predicted molar refractivity (Wildman–Crippen MR) is 120 cm³/mol. The van der Waals surface area contributed by atoms with E-state index in [-0.39, 0.29) is 5.91 Å². The van der Waals surface area contributed by atoms with Gasteiger partial charge < -0.3 is 0 Å². The number of thioether (sulfide) groups is 1. The fraction of sp³-hybridized carbons (Fsp3) is 0.0952. The number of rotatable bonds is 5. The number of hydrogen-bond acceptors (Lipinski definition) is 5. The molecule has 1 amide bonds. The van der Waals surface area contributed by atoms with Crippen LogP contribution >= 0.6 is 39.0 Å². The fourth-order valence-electron chi connectivity index (χ4n) is 2.82. The molecular formula is C21H16BrN3OS2. The van der Waals surface area contributed by atoms with E-state index < -0.39 is 0 Å². The summed E-state index contributed by atoms with van der Waals surface area (Å²) in [6, 6.07) is 17.5. The lowest BCUT2D eigenvalue weighted by atomic mass is 10.2. The molecule has 0 N–H and O–H groups in total. The molecule has 4 aromatic rings. The van der Waals surface area contributed by atoms with Gasteiger partial charge in [-0.25, -0.2) is 4.98 Å². The highest BCUT2D eigenvalue weighted by Crippen LogP contribution is 2.33. The van der Waals surface area contributed by atoms with Crippen molar-refractivity contribution in [3.8, 4) is 0 Å². The molecule has 0 bridgehead atoms. The number of carbonyl (C=O) groups excluding carboxylic acids is 1. The molecule has 0 saturated carbocycles. The summed E-state index contributed by atoms with van der Waals surface area (Å²) in [6.07, 6.45) is 5.55. The fourth-order valence-corrected chi connectivity index (χ4v) is 4.79. The van der Waals surface area contributed by atoms with Gasteiger partial charge in [-0.3, -0.25) is 14.7 Å². The number of carbonyl (C=O) groups is 1. The number of hydrogen-bond donors (Lipinski definition) is 0. The Morgan fingerprint density at radius 1 is 1.18 bits per heavy atom. The maximum atomic E-state index is 13.4. The minimum atomic E-state index is -0.0968. The van der Waals surface area contributed by atoms with Crippen molar-refractivity contribution in [2.24, 2.45) is 0 Å². The van der Waals surface area contributed by atoms with Crippen LogP contribution in [0.3, 0.4) is 0 Å². The molecular weight excluding hydrogens is 454 g/mol. The third-order valence-corrected chi connectivity index (χ3v) is 6.69. The Bertz CT molecular complexity index is 1130. The van der Waals surface area contributed by atoms with Crippen molar-refractivity contribution >= 4 is 60.3 Å². The second-order valence-electron chi connectivity index (χ2n) is 6.06. The number of nitrogens with zero attached hydrogens (tertiary/aromatic N) is 3. The molecule has 0 radical (unpaired) electrons. The van der Waals surface area contributed by atoms with Crippen molar-refractivity contribution in [2.75, 3.05) is 11.2 Å². The van der Waals surface area contributed by atoms with E-state index in [1.807, 2.05) is 48.7 Å². The smallest absolute Gasteiger partial charge is 0.261 e. The van der Waals surface area contributed by atoms with Gasteiger partial charge >= 0.3 is 0 Å². The average molecular weight is 470 g/mol. The number of aromatic nitrogens is 2. The van der Waals surface area contributed by atoms with Crippen molar-refractivity contribution in [1.82, 2.24) is 9.97 Å². The second-order valence-corrected chi connectivity index (χ2v) is 8.81. The summed E-state index contributed by atoms with van der Waals surface area (Å²) < 4.78 is 1.83.